The van der Waals surface area contributed by atoms with Gasteiger partial charge in [0.1, 0.15) is 0 Å². The van der Waals surface area contributed by atoms with Crippen LogP contribution in [0.4, 0.5) is 0 Å². The lowest BCUT2D eigenvalue weighted by Crippen LogP contribution is -2.03. The molecule has 0 aromatic heterocycles. The molecular formula is C16H15BrO3. The molecule has 2 aromatic carbocycles. The Morgan fingerprint density at radius 3 is 2.15 bits per heavy atom. The molecule has 0 heterocycles. The van der Waals surface area contributed by atoms with Gasteiger partial charge >= 0.3 is 0 Å². The van der Waals surface area contributed by atoms with Crippen molar-refractivity contribution in [1.82, 2.24) is 0 Å². The molecule has 3 nitrogen and oxygen atoms in total. The number of ether oxygens (including phenoxy) is 2. The Morgan fingerprint density at radius 2 is 1.55 bits per heavy atom. The molecule has 0 aliphatic carbocycles. The first-order chi connectivity index (χ1) is 9.56. The van der Waals surface area contributed by atoms with E-state index in [-0.39, 0.29) is 5.78 Å². The van der Waals surface area contributed by atoms with Crippen LogP contribution in [-0.2, 0) is 0 Å². The zero-order chi connectivity index (χ0) is 14.7. The molecule has 0 fully saturated rings. The second-order valence-corrected chi connectivity index (χ2v) is 5.22. The second kappa shape index (κ2) is 6.09. The molecule has 0 bridgehead atoms. The van der Waals surface area contributed by atoms with Crippen molar-refractivity contribution in [2.45, 2.75) is 6.92 Å². The number of aryl methyl sites for hydroxylation is 1. The van der Waals surface area contributed by atoms with Crippen LogP contribution in [0.3, 0.4) is 0 Å². The van der Waals surface area contributed by atoms with E-state index in [9.17, 15) is 4.79 Å². The maximum atomic E-state index is 12.5. The Kier molecular flexibility index (Phi) is 4.45. The van der Waals surface area contributed by atoms with E-state index in [0.717, 1.165) is 10.0 Å². The van der Waals surface area contributed by atoms with Crippen molar-refractivity contribution in [3.63, 3.8) is 0 Å². The summed E-state index contributed by atoms with van der Waals surface area (Å²) in [6.45, 7) is 1.95. The van der Waals surface area contributed by atoms with Gasteiger partial charge in [0.15, 0.2) is 17.3 Å². The fourth-order valence-electron chi connectivity index (χ4n) is 1.93. The summed E-state index contributed by atoms with van der Waals surface area (Å²) in [6, 6.07) is 10.7. The van der Waals surface area contributed by atoms with Gasteiger partial charge in [-0.25, -0.2) is 0 Å². The van der Waals surface area contributed by atoms with Crippen molar-refractivity contribution >= 4 is 21.7 Å². The first-order valence-corrected chi connectivity index (χ1v) is 6.89. The normalized spacial score (nSPS) is 10.2. The lowest BCUT2D eigenvalue weighted by atomic mass is 10.0. The maximum Gasteiger partial charge on any atom is 0.193 e. The Morgan fingerprint density at radius 1 is 0.950 bits per heavy atom. The van der Waals surface area contributed by atoms with E-state index in [1.54, 1.807) is 38.5 Å². The van der Waals surface area contributed by atoms with Crippen molar-refractivity contribution in [2.75, 3.05) is 14.2 Å². The lowest BCUT2D eigenvalue weighted by Gasteiger charge is -2.09. The molecule has 0 saturated carbocycles. The van der Waals surface area contributed by atoms with E-state index in [0.29, 0.717) is 22.6 Å². The van der Waals surface area contributed by atoms with Crippen LogP contribution in [0, 0.1) is 6.92 Å². The third-order valence-corrected chi connectivity index (χ3v) is 3.96. The molecule has 4 heteroatoms. The van der Waals surface area contributed by atoms with Crippen molar-refractivity contribution in [3.05, 3.63) is 57.6 Å². The van der Waals surface area contributed by atoms with Gasteiger partial charge in [-0.3, -0.25) is 4.79 Å². The summed E-state index contributed by atoms with van der Waals surface area (Å²) in [4.78, 5) is 12.5. The average Bonchev–Trinajstić information content (AvgIpc) is 2.48. The molecule has 0 spiro atoms. The largest absolute Gasteiger partial charge is 0.493 e. The number of carbonyl (C=O) groups excluding carboxylic acids is 1. The molecule has 2 rings (SSSR count). The molecule has 0 atom stereocenters. The number of rotatable bonds is 4. The van der Waals surface area contributed by atoms with Crippen LogP contribution in [0.25, 0.3) is 0 Å². The van der Waals surface area contributed by atoms with Gasteiger partial charge in [-0.1, -0.05) is 15.9 Å². The minimum Gasteiger partial charge on any atom is -0.493 e. The fourth-order valence-corrected chi connectivity index (χ4v) is 2.18. The smallest absolute Gasteiger partial charge is 0.193 e. The molecule has 0 unspecified atom stereocenters. The highest BCUT2D eigenvalue weighted by Gasteiger charge is 2.13. The minimum absolute atomic E-state index is 0.0402. The number of benzene rings is 2. The molecule has 0 saturated heterocycles. The quantitative estimate of drug-likeness (QED) is 0.792. The molecule has 0 N–H and O–H groups in total. The van der Waals surface area contributed by atoms with Gasteiger partial charge in [-0.2, -0.15) is 0 Å². The first-order valence-electron chi connectivity index (χ1n) is 6.09. The van der Waals surface area contributed by atoms with Crippen LogP contribution in [0.2, 0.25) is 0 Å². The molecule has 0 amide bonds. The van der Waals surface area contributed by atoms with Crippen molar-refractivity contribution in [3.8, 4) is 11.5 Å². The van der Waals surface area contributed by atoms with E-state index >= 15 is 0 Å². The summed E-state index contributed by atoms with van der Waals surface area (Å²) < 4.78 is 11.4. The summed E-state index contributed by atoms with van der Waals surface area (Å²) in [7, 11) is 3.12. The summed E-state index contributed by atoms with van der Waals surface area (Å²) in [5, 5.41) is 0. The van der Waals surface area contributed by atoms with Gasteiger partial charge in [0, 0.05) is 15.6 Å². The summed E-state index contributed by atoms with van der Waals surface area (Å²) in [6.07, 6.45) is 0. The van der Waals surface area contributed by atoms with Crippen LogP contribution in [-0.4, -0.2) is 20.0 Å². The lowest BCUT2D eigenvalue weighted by molar-refractivity contribution is 0.103. The number of hydrogen-bond acceptors (Lipinski definition) is 3. The van der Waals surface area contributed by atoms with E-state index in [2.05, 4.69) is 15.9 Å². The Balaban J connectivity index is 2.40. The predicted molar refractivity (Wildman–Crippen MR) is 81.9 cm³/mol. The van der Waals surface area contributed by atoms with E-state index in [1.165, 1.54) is 0 Å². The molecule has 20 heavy (non-hydrogen) atoms. The van der Waals surface area contributed by atoms with Gasteiger partial charge in [0.2, 0.25) is 0 Å². The number of hydrogen-bond donors (Lipinski definition) is 0. The van der Waals surface area contributed by atoms with Crippen LogP contribution in [0.1, 0.15) is 21.5 Å². The number of carbonyl (C=O) groups is 1. The minimum atomic E-state index is -0.0402. The number of ketones is 1. The highest BCUT2D eigenvalue weighted by Crippen LogP contribution is 2.29. The predicted octanol–water partition coefficient (Wildman–Crippen LogP) is 4.01. The van der Waals surface area contributed by atoms with Crippen LogP contribution in [0.15, 0.2) is 40.9 Å². The SMILES string of the molecule is COc1ccc(C(=O)c2ccc(Br)c(C)c2)cc1OC. The molecule has 2 aromatic rings. The zero-order valence-corrected chi connectivity index (χ0v) is 13.2. The van der Waals surface area contributed by atoms with Gasteiger partial charge in [-0.05, 0) is 48.9 Å². The molecule has 104 valence electrons. The van der Waals surface area contributed by atoms with E-state index in [4.69, 9.17) is 9.47 Å². The van der Waals surface area contributed by atoms with Crippen LogP contribution >= 0.6 is 15.9 Å². The topological polar surface area (TPSA) is 35.5 Å². The molecule has 0 aliphatic heterocycles. The Hall–Kier alpha value is -1.81. The fraction of sp³-hybridized carbons (Fsp3) is 0.188. The van der Waals surface area contributed by atoms with Crippen LogP contribution < -0.4 is 9.47 Å². The number of methoxy groups -OCH3 is 2. The monoisotopic (exact) mass is 334 g/mol. The Labute approximate surface area is 126 Å². The third-order valence-electron chi connectivity index (χ3n) is 3.07. The van der Waals surface area contributed by atoms with Gasteiger partial charge in [0.05, 0.1) is 14.2 Å². The van der Waals surface area contributed by atoms with Crippen molar-refractivity contribution in [2.24, 2.45) is 0 Å². The van der Waals surface area contributed by atoms with E-state index in [1.807, 2.05) is 19.1 Å². The standard InChI is InChI=1S/C16H15BrO3/c1-10-8-11(4-6-13(10)17)16(18)12-5-7-14(19-2)15(9-12)20-3/h4-9H,1-3H3. The molecular weight excluding hydrogens is 320 g/mol. The van der Waals surface area contributed by atoms with E-state index < -0.39 is 0 Å². The third kappa shape index (κ3) is 2.85. The van der Waals surface area contributed by atoms with Crippen molar-refractivity contribution < 1.29 is 14.3 Å². The van der Waals surface area contributed by atoms with Gasteiger partial charge in [-0.15, -0.1) is 0 Å². The molecule has 0 aliphatic rings. The first kappa shape index (κ1) is 14.6. The van der Waals surface area contributed by atoms with Crippen molar-refractivity contribution in [1.29, 1.82) is 0 Å². The van der Waals surface area contributed by atoms with Gasteiger partial charge in [0.25, 0.3) is 0 Å². The summed E-state index contributed by atoms with van der Waals surface area (Å²) >= 11 is 3.43. The Bertz CT molecular complexity index is 650. The average molecular weight is 335 g/mol. The summed E-state index contributed by atoms with van der Waals surface area (Å²) in [5.74, 6) is 1.12. The molecule has 0 radical (unpaired) electrons. The summed E-state index contributed by atoms with van der Waals surface area (Å²) in [5.41, 5.74) is 2.25. The number of halogens is 1. The maximum absolute atomic E-state index is 12.5. The van der Waals surface area contributed by atoms with Gasteiger partial charge < -0.3 is 9.47 Å². The zero-order valence-electron chi connectivity index (χ0n) is 11.6. The second-order valence-electron chi connectivity index (χ2n) is 4.36. The highest BCUT2D eigenvalue weighted by atomic mass is 79.9. The van der Waals surface area contributed by atoms with Crippen LogP contribution in [0.5, 0.6) is 11.5 Å². The highest BCUT2D eigenvalue weighted by molar-refractivity contribution is 9.10.